The number of ketones is 2. The van der Waals surface area contributed by atoms with E-state index in [4.69, 9.17) is 0 Å². The lowest BCUT2D eigenvalue weighted by Gasteiger charge is -2.46. The van der Waals surface area contributed by atoms with Crippen molar-refractivity contribution in [1.82, 2.24) is 0 Å². The fourth-order valence-electron chi connectivity index (χ4n) is 4.28. The van der Waals surface area contributed by atoms with E-state index < -0.39 is 0 Å². The molecule has 3 atom stereocenters. The lowest BCUT2D eigenvalue weighted by atomic mass is 9.57. The van der Waals surface area contributed by atoms with Crippen LogP contribution in [0.3, 0.4) is 0 Å². The van der Waals surface area contributed by atoms with Crippen LogP contribution in [-0.4, -0.2) is 11.6 Å². The summed E-state index contributed by atoms with van der Waals surface area (Å²) in [6.07, 6.45) is 4.43. The maximum Gasteiger partial charge on any atom is 0.138 e. The number of hydrogen-bond acceptors (Lipinski definition) is 2. The summed E-state index contributed by atoms with van der Waals surface area (Å²) in [4.78, 5) is 23.6. The normalized spacial score (nSPS) is 47.1. The van der Waals surface area contributed by atoms with E-state index in [1.165, 1.54) is 0 Å². The van der Waals surface area contributed by atoms with Gasteiger partial charge in [-0.1, -0.05) is 13.8 Å². The van der Waals surface area contributed by atoms with Crippen LogP contribution in [-0.2, 0) is 9.59 Å². The van der Waals surface area contributed by atoms with Crippen LogP contribution in [0.4, 0.5) is 0 Å². The number of hydrogen-bond donors (Lipinski definition) is 0. The quantitative estimate of drug-likeness (QED) is 0.609. The van der Waals surface area contributed by atoms with Crippen LogP contribution in [0.5, 0.6) is 0 Å². The first-order valence-electron chi connectivity index (χ1n) is 6.04. The molecular weight excluding hydrogens is 188 g/mol. The number of rotatable bonds is 0. The van der Waals surface area contributed by atoms with E-state index in [-0.39, 0.29) is 10.8 Å². The van der Waals surface area contributed by atoms with Crippen molar-refractivity contribution >= 4 is 11.6 Å². The number of carbonyl (C=O) groups excluding carboxylic acids is 2. The topological polar surface area (TPSA) is 34.1 Å². The molecule has 0 bridgehead atoms. The second-order valence-electron chi connectivity index (χ2n) is 6.19. The molecule has 0 aromatic carbocycles. The zero-order chi connectivity index (χ0) is 10.8. The Labute approximate surface area is 90.4 Å². The zero-order valence-corrected chi connectivity index (χ0v) is 9.51. The SMILES string of the molecule is CC1(C)C(=O)CC[C@]23C[C@H]2C(=O)CC[C@@H]13. The maximum absolute atomic E-state index is 11.9. The van der Waals surface area contributed by atoms with E-state index in [9.17, 15) is 9.59 Å². The van der Waals surface area contributed by atoms with Crippen molar-refractivity contribution in [2.24, 2.45) is 22.7 Å². The van der Waals surface area contributed by atoms with Gasteiger partial charge in [0.2, 0.25) is 0 Å². The molecule has 0 heterocycles. The van der Waals surface area contributed by atoms with Crippen molar-refractivity contribution in [3.8, 4) is 0 Å². The molecule has 82 valence electrons. The molecule has 0 radical (unpaired) electrons. The van der Waals surface area contributed by atoms with Crippen LogP contribution in [0.2, 0.25) is 0 Å². The molecular formula is C13H18O2. The van der Waals surface area contributed by atoms with Gasteiger partial charge in [-0.2, -0.15) is 0 Å². The summed E-state index contributed by atoms with van der Waals surface area (Å²) in [5.41, 5.74) is 0.0838. The average molecular weight is 206 g/mol. The van der Waals surface area contributed by atoms with Gasteiger partial charge in [-0.15, -0.1) is 0 Å². The van der Waals surface area contributed by atoms with Crippen LogP contribution in [0, 0.1) is 22.7 Å². The summed E-state index contributed by atoms with van der Waals surface area (Å²) in [5, 5.41) is 0. The Balaban J connectivity index is 1.98. The Morgan fingerprint density at radius 1 is 1.20 bits per heavy atom. The van der Waals surface area contributed by atoms with Gasteiger partial charge >= 0.3 is 0 Å². The fraction of sp³-hybridized carbons (Fsp3) is 0.846. The van der Waals surface area contributed by atoms with Crippen LogP contribution in [0.1, 0.15) is 46.0 Å². The number of carbonyl (C=O) groups is 2. The highest BCUT2D eigenvalue weighted by atomic mass is 16.1. The molecule has 1 spiro atoms. The highest BCUT2D eigenvalue weighted by Crippen LogP contribution is 2.71. The minimum absolute atomic E-state index is 0.173. The summed E-state index contributed by atoms with van der Waals surface area (Å²) >= 11 is 0. The van der Waals surface area contributed by atoms with E-state index >= 15 is 0 Å². The van der Waals surface area contributed by atoms with Gasteiger partial charge in [0.05, 0.1) is 0 Å². The maximum atomic E-state index is 11.9. The predicted octanol–water partition coefficient (Wildman–Crippen LogP) is 2.36. The number of Topliss-reactive ketones (excluding diaryl/α,β-unsaturated/α-hetero) is 2. The molecule has 3 rings (SSSR count). The van der Waals surface area contributed by atoms with Gasteiger partial charge in [-0.25, -0.2) is 0 Å². The van der Waals surface area contributed by atoms with E-state index in [2.05, 4.69) is 13.8 Å². The van der Waals surface area contributed by atoms with Crippen molar-refractivity contribution in [1.29, 1.82) is 0 Å². The second-order valence-corrected chi connectivity index (χ2v) is 6.19. The Morgan fingerprint density at radius 2 is 1.93 bits per heavy atom. The average Bonchev–Trinajstić information content (AvgIpc) is 2.89. The van der Waals surface area contributed by atoms with Gasteiger partial charge < -0.3 is 0 Å². The monoisotopic (exact) mass is 206 g/mol. The lowest BCUT2D eigenvalue weighted by molar-refractivity contribution is -0.141. The van der Waals surface area contributed by atoms with Crippen LogP contribution >= 0.6 is 0 Å². The first-order chi connectivity index (χ1) is 6.98. The first kappa shape index (κ1) is 9.56. The molecule has 15 heavy (non-hydrogen) atoms. The lowest BCUT2D eigenvalue weighted by Crippen LogP contribution is -2.46. The summed E-state index contributed by atoms with van der Waals surface area (Å²) in [7, 11) is 0. The molecule has 0 aromatic rings. The highest BCUT2D eigenvalue weighted by Gasteiger charge is 2.68. The fourth-order valence-corrected chi connectivity index (χ4v) is 4.28. The second kappa shape index (κ2) is 2.53. The molecule has 0 saturated heterocycles. The van der Waals surface area contributed by atoms with Crippen molar-refractivity contribution in [2.75, 3.05) is 0 Å². The van der Waals surface area contributed by atoms with Crippen molar-refractivity contribution in [3.63, 3.8) is 0 Å². The van der Waals surface area contributed by atoms with Crippen LogP contribution in [0.25, 0.3) is 0 Å². The molecule has 3 fully saturated rings. The molecule has 3 aliphatic rings. The molecule has 0 amide bonds. The van der Waals surface area contributed by atoms with Crippen molar-refractivity contribution in [2.45, 2.75) is 46.0 Å². The summed E-state index contributed by atoms with van der Waals surface area (Å²) in [5.74, 6) is 1.69. The van der Waals surface area contributed by atoms with Gasteiger partial charge in [0.25, 0.3) is 0 Å². The molecule has 3 saturated carbocycles. The Bertz CT molecular complexity index is 356. The van der Waals surface area contributed by atoms with Gasteiger partial charge in [-0.3, -0.25) is 9.59 Å². The third kappa shape index (κ3) is 1.00. The minimum Gasteiger partial charge on any atom is -0.299 e. The molecule has 0 N–H and O–H groups in total. The highest BCUT2D eigenvalue weighted by molar-refractivity contribution is 5.90. The first-order valence-corrected chi connectivity index (χ1v) is 6.04. The Hall–Kier alpha value is -0.660. The molecule has 0 unspecified atom stereocenters. The Morgan fingerprint density at radius 3 is 2.67 bits per heavy atom. The summed E-state index contributed by atoms with van der Waals surface area (Å²) < 4.78 is 0. The third-order valence-electron chi connectivity index (χ3n) is 5.29. The van der Waals surface area contributed by atoms with Gasteiger partial charge in [0.1, 0.15) is 11.6 Å². The van der Waals surface area contributed by atoms with Gasteiger partial charge in [0.15, 0.2) is 0 Å². The third-order valence-corrected chi connectivity index (χ3v) is 5.29. The minimum atomic E-state index is -0.173. The molecule has 2 nitrogen and oxygen atoms in total. The van der Waals surface area contributed by atoms with E-state index in [0.29, 0.717) is 36.2 Å². The smallest absolute Gasteiger partial charge is 0.138 e. The summed E-state index contributed by atoms with van der Waals surface area (Å²) in [6, 6.07) is 0. The molecule has 0 aromatic heterocycles. The van der Waals surface area contributed by atoms with Gasteiger partial charge in [-0.05, 0) is 30.6 Å². The molecule has 3 aliphatic carbocycles. The molecule has 0 aliphatic heterocycles. The summed E-state index contributed by atoms with van der Waals surface area (Å²) in [6.45, 7) is 4.18. The molecule has 2 heteroatoms. The van der Waals surface area contributed by atoms with Gasteiger partial charge in [0, 0.05) is 24.2 Å². The zero-order valence-electron chi connectivity index (χ0n) is 9.51. The largest absolute Gasteiger partial charge is 0.299 e. The predicted molar refractivity (Wildman–Crippen MR) is 56.3 cm³/mol. The van der Waals surface area contributed by atoms with Crippen LogP contribution in [0.15, 0.2) is 0 Å². The van der Waals surface area contributed by atoms with Crippen molar-refractivity contribution in [3.05, 3.63) is 0 Å². The Kier molecular flexibility index (Phi) is 1.61. The van der Waals surface area contributed by atoms with Crippen molar-refractivity contribution < 1.29 is 9.59 Å². The standard InChI is InChI=1S/C13H18O2/c1-12(2)10-4-3-9(14)8-7-13(8,10)6-5-11(12)15/h8,10H,3-7H2,1-2H3/t8-,10-,13-/m0/s1. The van der Waals surface area contributed by atoms with E-state index in [1.807, 2.05) is 0 Å². The van der Waals surface area contributed by atoms with Crippen LogP contribution < -0.4 is 0 Å². The van der Waals surface area contributed by atoms with E-state index in [1.54, 1.807) is 0 Å². The van der Waals surface area contributed by atoms with E-state index in [0.717, 1.165) is 19.3 Å².